The molecule has 1 unspecified atom stereocenters. The molecule has 1 aromatic heterocycles. The van der Waals surface area contributed by atoms with Gasteiger partial charge in [0.15, 0.2) is 5.69 Å². The maximum absolute atomic E-state index is 12.9. The lowest BCUT2D eigenvalue weighted by atomic mass is 9.94. The molecule has 3 aromatic rings. The molecular formula is C30H35N3O7S. The molecule has 218 valence electrons. The molecular weight excluding hydrogens is 546 g/mol. The van der Waals surface area contributed by atoms with Gasteiger partial charge in [0.25, 0.3) is 21.8 Å². The van der Waals surface area contributed by atoms with Gasteiger partial charge in [-0.25, -0.2) is 22.9 Å². The number of hydrogen-bond donors (Lipinski definition) is 3. The van der Waals surface area contributed by atoms with E-state index in [1.54, 1.807) is 7.11 Å². The molecule has 0 saturated heterocycles. The highest BCUT2D eigenvalue weighted by molar-refractivity contribution is 7.90. The minimum absolute atomic E-state index is 0.0656. The van der Waals surface area contributed by atoms with Crippen molar-refractivity contribution in [3.05, 3.63) is 88.7 Å². The monoisotopic (exact) mass is 581 g/mol. The molecule has 2 amide bonds. The number of unbranched alkanes of at least 4 members (excludes halogenated alkanes) is 1. The topological polar surface area (TPSA) is 152 Å². The molecule has 11 heteroatoms. The number of sulfonamides is 1. The van der Waals surface area contributed by atoms with Crippen molar-refractivity contribution in [2.75, 3.05) is 13.7 Å². The highest BCUT2D eigenvalue weighted by Crippen LogP contribution is 2.19. The number of carbonyl (C=O) groups excluding carboxylic acids is 2. The second-order valence-electron chi connectivity index (χ2n) is 9.80. The summed E-state index contributed by atoms with van der Waals surface area (Å²) in [6.45, 7) is 4.44. The summed E-state index contributed by atoms with van der Waals surface area (Å²) in [6.07, 6.45) is 4.93. The van der Waals surface area contributed by atoms with Crippen LogP contribution in [0, 0.1) is 5.92 Å². The summed E-state index contributed by atoms with van der Waals surface area (Å²) in [5.41, 5.74) is 1.43. The van der Waals surface area contributed by atoms with Gasteiger partial charge in [-0.05, 0) is 72.4 Å². The summed E-state index contributed by atoms with van der Waals surface area (Å²) in [5, 5.41) is 12.3. The van der Waals surface area contributed by atoms with Gasteiger partial charge in [0.1, 0.15) is 5.75 Å². The molecule has 0 bridgehead atoms. The molecule has 0 aliphatic heterocycles. The number of amides is 2. The number of methoxy groups -OCH3 is 1. The van der Waals surface area contributed by atoms with Gasteiger partial charge >= 0.3 is 5.97 Å². The van der Waals surface area contributed by atoms with E-state index >= 15 is 0 Å². The van der Waals surface area contributed by atoms with Crippen LogP contribution in [0.2, 0.25) is 0 Å². The minimum atomic E-state index is -4.27. The summed E-state index contributed by atoms with van der Waals surface area (Å²) in [7, 11) is -2.68. The molecule has 1 heterocycles. The van der Waals surface area contributed by atoms with Gasteiger partial charge in [0.2, 0.25) is 0 Å². The smallest absolute Gasteiger partial charge is 0.354 e. The fourth-order valence-corrected chi connectivity index (χ4v) is 5.23. The Bertz CT molecular complexity index is 1470. The molecule has 3 N–H and O–H groups in total. The molecule has 0 radical (unpaired) electrons. The van der Waals surface area contributed by atoms with Crippen molar-refractivity contribution in [2.45, 2.75) is 50.8 Å². The largest absolute Gasteiger partial charge is 0.497 e. The second kappa shape index (κ2) is 14.4. The standard InChI is InChI=1S/C30H35N3O7S/c1-4-5-6-20(2)17-23-18-24(19-32-27(23)30(36)37)29(35)33-41(38,39)26-13-9-22(10-14-26)28(34)31-16-15-21-7-11-25(40-3)12-8-21/h7-14,18-20H,4-6,15-17H2,1-3H3,(H,31,34)(H,33,35)(H,36,37). The fourth-order valence-electron chi connectivity index (χ4n) is 4.25. The number of rotatable bonds is 14. The number of pyridine rings is 1. The van der Waals surface area contributed by atoms with E-state index in [1.807, 2.05) is 35.9 Å². The molecule has 3 rings (SSSR count). The van der Waals surface area contributed by atoms with E-state index in [0.29, 0.717) is 24.9 Å². The van der Waals surface area contributed by atoms with E-state index in [4.69, 9.17) is 4.74 Å². The van der Waals surface area contributed by atoms with Crippen molar-refractivity contribution >= 4 is 27.8 Å². The number of carbonyl (C=O) groups is 3. The van der Waals surface area contributed by atoms with E-state index in [1.165, 1.54) is 30.3 Å². The predicted molar refractivity (Wildman–Crippen MR) is 154 cm³/mol. The van der Waals surface area contributed by atoms with Gasteiger partial charge in [-0.1, -0.05) is 45.2 Å². The Labute approximate surface area is 240 Å². The number of ether oxygens (including phenoxy) is 1. The average Bonchev–Trinajstić information content (AvgIpc) is 2.96. The van der Waals surface area contributed by atoms with Gasteiger partial charge in [0.05, 0.1) is 17.6 Å². The fraction of sp³-hybridized carbons (Fsp3) is 0.333. The molecule has 10 nitrogen and oxygen atoms in total. The minimum Gasteiger partial charge on any atom is -0.497 e. The average molecular weight is 582 g/mol. The Morgan fingerprint density at radius 1 is 1.00 bits per heavy atom. The SMILES string of the molecule is CCCCC(C)Cc1cc(C(=O)NS(=O)(=O)c2ccc(C(=O)NCCc3ccc(OC)cc3)cc2)cnc1C(=O)O. The summed E-state index contributed by atoms with van der Waals surface area (Å²) < 4.78 is 32.9. The van der Waals surface area contributed by atoms with Crippen LogP contribution >= 0.6 is 0 Å². The Morgan fingerprint density at radius 2 is 1.68 bits per heavy atom. The molecule has 41 heavy (non-hydrogen) atoms. The quantitative estimate of drug-likeness (QED) is 0.256. The van der Waals surface area contributed by atoms with Crippen LogP contribution in [0.25, 0.3) is 0 Å². The zero-order valence-electron chi connectivity index (χ0n) is 23.3. The van der Waals surface area contributed by atoms with Crippen LogP contribution in [0.3, 0.4) is 0 Å². The Hall–Kier alpha value is -4.25. The molecule has 1 atom stereocenters. The number of aromatic carboxylic acids is 1. The van der Waals surface area contributed by atoms with E-state index in [0.717, 1.165) is 36.8 Å². The third-order valence-electron chi connectivity index (χ3n) is 6.56. The number of benzene rings is 2. The predicted octanol–water partition coefficient (Wildman–Crippen LogP) is 4.25. The maximum Gasteiger partial charge on any atom is 0.354 e. The van der Waals surface area contributed by atoms with Crippen molar-refractivity contribution in [1.82, 2.24) is 15.0 Å². The first-order valence-corrected chi connectivity index (χ1v) is 14.8. The van der Waals surface area contributed by atoms with E-state index < -0.39 is 21.9 Å². The Kier molecular flexibility index (Phi) is 11.0. The number of carboxylic acids is 1. The van der Waals surface area contributed by atoms with Crippen LogP contribution in [-0.2, 0) is 22.9 Å². The second-order valence-corrected chi connectivity index (χ2v) is 11.5. The van der Waals surface area contributed by atoms with Crippen molar-refractivity contribution in [3.63, 3.8) is 0 Å². The maximum atomic E-state index is 12.9. The number of aromatic nitrogens is 1. The number of hydrogen-bond acceptors (Lipinski definition) is 7. The first-order chi connectivity index (χ1) is 19.5. The Morgan fingerprint density at radius 3 is 2.29 bits per heavy atom. The third kappa shape index (κ3) is 8.87. The molecule has 0 aliphatic rings. The highest BCUT2D eigenvalue weighted by Gasteiger charge is 2.22. The van der Waals surface area contributed by atoms with Gasteiger partial charge in [0, 0.05) is 18.3 Å². The van der Waals surface area contributed by atoms with Crippen molar-refractivity contribution < 1.29 is 32.6 Å². The summed E-state index contributed by atoms with van der Waals surface area (Å²) in [6, 6.07) is 14.1. The van der Waals surface area contributed by atoms with E-state index in [-0.39, 0.29) is 33.5 Å². The van der Waals surface area contributed by atoms with Crippen LogP contribution in [0.4, 0.5) is 0 Å². The molecule has 0 spiro atoms. The van der Waals surface area contributed by atoms with Crippen LogP contribution in [0.15, 0.2) is 65.7 Å². The van der Waals surface area contributed by atoms with Gasteiger partial charge in [-0.3, -0.25) is 9.59 Å². The van der Waals surface area contributed by atoms with E-state index in [2.05, 4.69) is 17.2 Å². The van der Waals surface area contributed by atoms with E-state index in [9.17, 15) is 27.9 Å². The van der Waals surface area contributed by atoms with Crippen LogP contribution in [0.1, 0.15) is 75.4 Å². The number of nitrogens with one attached hydrogen (secondary N) is 2. The molecule has 0 saturated carbocycles. The Balaban J connectivity index is 1.64. The summed E-state index contributed by atoms with van der Waals surface area (Å²) >= 11 is 0. The number of carboxylic acid groups (broad SMARTS) is 1. The van der Waals surface area contributed by atoms with Crippen molar-refractivity contribution in [1.29, 1.82) is 0 Å². The van der Waals surface area contributed by atoms with Crippen molar-refractivity contribution in [3.8, 4) is 5.75 Å². The lowest BCUT2D eigenvalue weighted by Crippen LogP contribution is -2.31. The molecule has 2 aromatic carbocycles. The number of nitrogens with zero attached hydrogens (tertiary/aromatic N) is 1. The normalized spacial score (nSPS) is 11.9. The molecule has 0 aliphatic carbocycles. The first-order valence-electron chi connectivity index (χ1n) is 13.3. The highest BCUT2D eigenvalue weighted by atomic mass is 32.2. The van der Waals surface area contributed by atoms with Crippen LogP contribution in [0.5, 0.6) is 5.75 Å². The molecule has 0 fully saturated rings. The van der Waals surface area contributed by atoms with Crippen LogP contribution in [-0.4, -0.2) is 49.9 Å². The first kappa shape index (κ1) is 31.3. The lowest BCUT2D eigenvalue weighted by molar-refractivity contribution is 0.0687. The zero-order valence-corrected chi connectivity index (χ0v) is 24.2. The zero-order chi connectivity index (χ0) is 30.0. The van der Waals surface area contributed by atoms with Gasteiger partial charge in [-0.15, -0.1) is 0 Å². The summed E-state index contributed by atoms with van der Waals surface area (Å²) in [4.78, 5) is 40.7. The van der Waals surface area contributed by atoms with Gasteiger partial charge in [-0.2, -0.15) is 0 Å². The third-order valence-corrected chi connectivity index (χ3v) is 7.91. The lowest BCUT2D eigenvalue weighted by Gasteiger charge is -2.14. The van der Waals surface area contributed by atoms with Crippen LogP contribution < -0.4 is 14.8 Å². The van der Waals surface area contributed by atoms with Crippen molar-refractivity contribution in [2.24, 2.45) is 5.92 Å². The summed E-state index contributed by atoms with van der Waals surface area (Å²) in [5.74, 6) is -1.61. The van der Waals surface area contributed by atoms with Gasteiger partial charge < -0.3 is 15.2 Å².